The molecule has 18 heavy (non-hydrogen) atoms. The maximum Gasteiger partial charge on any atom is 0.228 e. The van der Waals surface area contributed by atoms with Crippen LogP contribution in [0.1, 0.15) is 26.7 Å². The highest BCUT2D eigenvalue weighted by Gasteiger charge is 2.45. The molecule has 5 nitrogen and oxygen atoms in total. The van der Waals surface area contributed by atoms with Crippen LogP contribution in [0.25, 0.3) is 0 Å². The maximum absolute atomic E-state index is 12.4. The van der Waals surface area contributed by atoms with E-state index in [0.29, 0.717) is 13.0 Å². The third-order valence-corrected chi connectivity index (χ3v) is 6.08. The molecule has 0 aromatic rings. The Bertz CT molecular complexity index is 425. The van der Waals surface area contributed by atoms with E-state index in [1.807, 2.05) is 0 Å². The van der Waals surface area contributed by atoms with Crippen LogP contribution in [0.4, 0.5) is 0 Å². The minimum absolute atomic E-state index is 0.0181. The van der Waals surface area contributed by atoms with Gasteiger partial charge in [-0.15, -0.1) is 0 Å². The molecule has 6 heteroatoms. The van der Waals surface area contributed by atoms with E-state index in [-0.39, 0.29) is 34.8 Å². The zero-order valence-corrected chi connectivity index (χ0v) is 11.8. The Kier molecular flexibility index (Phi) is 3.69. The molecule has 0 bridgehead atoms. The predicted octanol–water partition coefficient (Wildman–Crippen LogP) is -0.0746. The van der Waals surface area contributed by atoms with Crippen molar-refractivity contribution in [3.8, 4) is 0 Å². The number of sulfone groups is 1. The van der Waals surface area contributed by atoms with Crippen molar-refractivity contribution in [2.75, 3.05) is 24.6 Å². The van der Waals surface area contributed by atoms with E-state index < -0.39 is 9.84 Å². The summed E-state index contributed by atoms with van der Waals surface area (Å²) in [5.74, 6) is 0.570. The van der Waals surface area contributed by atoms with E-state index in [4.69, 9.17) is 0 Å². The maximum atomic E-state index is 12.4. The summed E-state index contributed by atoms with van der Waals surface area (Å²) in [6, 6.07) is -0.196. The van der Waals surface area contributed by atoms with Gasteiger partial charge in [-0.25, -0.2) is 8.42 Å². The first-order valence-electron chi connectivity index (χ1n) is 6.58. The van der Waals surface area contributed by atoms with Gasteiger partial charge in [-0.2, -0.15) is 0 Å². The standard InChI is InChI=1S/C12H22N2O3S/c1-9(2)12(4-5-13-8-12)11(15)14-10-3-6-18(16,17)7-10/h9-10,13H,3-8H2,1-2H3,(H,14,15). The quantitative estimate of drug-likeness (QED) is 0.755. The van der Waals surface area contributed by atoms with Crippen LogP contribution in [0, 0.1) is 11.3 Å². The Morgan fingerprint density at radius 3 is 2.61 bits per heavy atom. The van der Waals surface area contributed by atoms with Gasteiger partial charge in [-0.05, 0) is 25.3 Å². The Morgan fingerprint density at radius 1 is 1.44 bits per heavy atom. The summed E-state index contributed by atoms with van der Waals surface area (Å²) in [6.07, 6.45) is 1.38. The molecule has 2 aliphatic heterocycles. The molecule has 1 amide bonds. The Labute approximate surface area is 109 Å². The molecule has 104 valence electrons. The third-order valence-electron chi connectivity index (χ3n) is 4.31. The van der Waals surface area contributed by atoms with Gasteiger partial charge in [0.1, 0.15) is 0 Å². The van der Waals surface area contributed by atoms with Crippen LogP contribution in [0.5, 0.6) is 0 Å². The van der Waals surface area contributed by atoms with Crippen LogP contribution in [0.15, 0.2) is 0 Å². The molecule has 0 saturated carbocycles. The van der Waals surface area contributed by atoms with Crippen LogP contribution in [-0.4, -0.2) is 45.0 Å². The third kappa shape index (κ3) is 2.54. The van der Waals surface area contributed by atoms with Gasteiger partial charge >= 0.3 is 0 Å². The van der Waals surface area contributed by atoms with Gasteiger partial charge in [0.15, 0.2) is 9.84 Å². The average molecular weight is 274 g/mol. The molecule has 0 spiro atoms. The lowest BCUT2D eigenvalue weighted by Gasteiger charge is -2.32. The number of hydrogen-bond donors (Lipinski definition) is 2. The molecule has 2 aliphatic rings. The van der Waals surface area contributed by atoms with Gasteiger partial charge in [0.2, 0.25) is 5.91 Å². The van der Waals surface area contributed by atoms with Crippen molar-refractivity contribution in [3.05, 3.63) is 0 Å². The predicted molar refractivity (Wildman–Crippen MR) is 70.0 cm³/mol. The minimum atomic E-state index is -2.93. The van der Waals surface area contributed by atoms with E-state index in [0.717, 1.165) is 13.0 Å². The highest BCUT2D eigenvalue weighted by molar-refractivity contribution is 7.91. The van der Waals surface area contributed by atoms with Crippen LogP contribution >= 0.6 is 0 Å². The zero-order chi connectivity index (χ0) is 13.4. The summed E-state index contributed by atoms with van der Waals surface area (Å²) >= 11 is 0. The number of rotatable bonds is 3. The summed E-state index contributed by atoms with van der Waals surface area (Å²) in [5.41, 5.74) is -0.369. The van der Waals surface area contributed by atoms with Crippen molar-refractivity contribution >= 4 is 15.7 Å². The Hall–Kier alpha value is -0.620. The molecular formula is C12H22N2O3S. The molecule has 2 unspecified atom stereocenters. The lowest BCUT2D eigenvalue weighted by atomic mass is 9.75. The first-order chi connectivity index (χ1) is 8.36. The summed E-state index contributed by atoms with van der Waals surface area (Å²) in [4.78, 5) is 12.4. The summed E-state index contributed by atoms with van der Waals surface area (Å²) in [5, 5.41) is 6.18. The fourth-order valence-corrected chi connectivity index (χ4v) is 4.57. The zero-order valence-electron chi connectivity index (χ0n) is 11.0. The van der Waals surface area contributed by atoms with Gasteiger partial charge in [0, 0.05) is 12.6 Å². The van der Waals surface area contributed by atoms with Gasteiger partial charge in [-0.3, -0.25) is 4.79 Å². The number of hydrogen-bond acceptors (Lipinski definition) is 4. The van der Waals surface area contributed by atoms with Crippen molar-refractivity contribution in [1.29, 1.82) is 0 Å². The van der Waals surface area contributed by atoms with Crippen molar-refractivity contribution in [3.63, 3.8) is 0 Å². The highest BCUT2D eigenvalue weighted by Crippen LogP contribution is 2.34. The molecule has 2 N–H and O–H groups in total. The van der Waals surface area contributed by atoms with E-state index >= 15 is 0 Å². The lowest BCUT2D eigenvalue weighted by molar-refractivity contribution is -0.133. The van der Waals surface area contributed by atoms with Gasteiger partial charge in [0.25, 0.3) is 0 Å². The second-order valence-electron chi connectivity index (χ2n) is 5.81. The molecule has 0 aromatic heterocycles. The van der Waals surface area contributed by atoms with Crippen molar-refractivity contribution in [2.45, 2.75) is 32.7 Å². The smallest absolute Gasteiger partial charge is 0.228 e. The van der Waals surface area contributed by atoms with Gasteiger partial charge in [0.05, 0.1) is 16.9 Å². The fourth-order valence-electron chi connectivity index (χ4n) is 2.90. The van der Waals surface area contributed by atoms with E-state index in [1.165, 1.54) is 0 Å². The van der Waals surface area contributed by atoms with Crippen LogP contribution in [0.2, 0.25) is 0 Å². The largest absolute Gasteiger partial charge is 0.352 e. The summed E-state index contributed by atoms with van der Waals surface area (Å²) in [6.45, 7) is 5.65. The molecule has 2 heterocycles. The number of amides is 1. The summed E-state index contributed by atoms with van der Waals surface area (Å²) in [7, 11) is -2.93. The Balaban J connectivity index is 2.03. The first-order valence-corrected chi connectivity index (χ1v) is 8.40. The summed E-state index contributed by atoms with van der Waals surface area (Å²) < 4.78 is 22.8. The van der Waals surface area contributed by atoms with Gasteiger partial charge in [-0.1, -0.05) is 13.8 Å². The van der Waals surface area contributed by atoms with Crippen LogP contribution in [0.3, 0.4) is 0 Å². The van der Waals surface area contributed by atoms with Crippen LogP contribution in [-0.2, 0) is 14.6 Å². The van der Waals surface area contributed by atoms with E-state index in [2.05, 4.69) is 24.5 Å². The molecule has 2 atom stereocenters. The molecule has 0 radical (unpaired) electrons. The van der Waals surface area contributed by atoms with Crippen molar-refractivity contribution < 1.29 is 13.2 Å². The number of carbonyl (C=O) groups is 1. The van der Waals surface area contributed by atoms with Gasteiger partial charge < -0.3 is 10.6 Å². The second kappa shape index (κ2) is 4.81. The lowest BCUT2D eigenvalue weighted by Crippen LogP contribution is -2.49. The Morgan fingerprint density at radius 2 is 2.17 bits per heavy atom. The molecule has 2 fully saturated rings. The topological polar surface area (TPSA) is 75.3 Å². The number of nitrogens with one attached hydrogen (secondary N) is 2. The molecule has 0 aliphatic carbocycles. The van der Waals surface area contributed by atoms with Crippen molar-refractivity contribution in [2.24, 2.45) is 11.3 Å². The SMILES string of the molecule is CC(C)C1(C(=O)NC2CCS(=O)(=O)C2)CCNC1. The highest BCUT2D eigenvalue weighted by atomic mass is 32.2. The minimum Gasteiger partial charge on any atom is -0.352 e. The first kappa shape index (κ1) is 13.8. The monoisotopic (exact) mass is 274 g/mol. The molecule has 2 saturated heterocycles. The molecule has 2 rings (SSSR count). The van der Waals surface area contributed by atoms with Crippen LogP contribution < -0.4 is 10.6 Å². The average Bonchev–Trinajstić information content (AvgIpc) is 2.85. The molecule has 0 aromatic carbocycles. The van der Waals surface area contributed by atoms with E-state index in [1.54, 1.807) is 0 Å². The fraction of sp³-hybridized carbons (Fsp3) is 0.917. The second-order valence-corrected chi connectivity index (χ2v) is 8.04. The van der Waals surface area contributed by atoms with E-state index in [9.17, 15) is 13.2 Å². The number of carbonyl (C=O) groups excluding carboxylic acids is 1. The normalized spacial score (nSPS) is 34.9. The molecular weight excluding hydrogens is 252 g/mol. The van der Waals surface area contributed by atoms with Crippen molar-refractivity contribution in [1.82, 2.24) is 10.6 Å².